The SMILES string of the molecule is O=C1CC[C@H](c2ccc(N3CCC(CN4CCN(c5ccc(-n6cc(-c7cc(Cl)cc(NS(=O)(=O)N8CCCC8)c7F)c(-c7ccncc7)n6)cc5)CC4)CC3)c(F)c2)C(=O)N1. The highest BCUT2D eigenvalue weighted by Gasteiger charge is 2.31. The Kier molecular flexibility index (Phi) is 12.0. The first-order valence-electron chi connectivity index (χ1n) is 21.2. The van der Waals surface area contributed by atoms with E-state index in [0.717, 1.165) is 82.9 Å². The van der Waals surface area contributed by atoms with Crippen LogP contribution in [0.5, 0.6) is 0 Å². The van der Waals surface area contributed by atoms with Crippen LogP contribution in [-0.2, 0) is 19.8 Å². The van der Waals surface area contributed by atoms with Crippen molar-refractivity contribution in [2.45, 2.75) is 44.4 Å². The maximum atomic E-state index is 16.4. The van der Waals surface area contributed by atoms with Crippen molar-refractivity contribution in [3.63, 3.8) is 0 Å². The number of carbonyl (C=O) groups is 2. The quantitative estimate of drug-likeness (QED) is 0.137. The third-order valence-electron chi connectivity index (χ3n) is 12.6. The second-order valence-electron chi connectivity index (χ2n) is 16.5. The molecule has 0 bridgehead atoms. The first kappa shape index (κ1) is 41.9. The third kappa shape index (κ3) is 8.91. The van der Waals surface area contributed by atoms with Gasteiger partial charge in [-0.1, -0.05) is 17.7 Å². The van der Waals surface area contributed by atoms with Crippen LogP contribution in [0, 0.1) is 17.6 Å². The predicted octanol–water partition coefficient (Wildman–Crippen LogP) is 6.84. The lowest BCUT2D eigenvalue weighted by molar-refractivity contribution is -0.134. The molecule has 2 aromatic heterocycles. The van der Waals surface area contributed by atoms with Crippen molar-refractivity contribution in [1.82, 2.24) is 29.3 Å². The normalized spacial score (nSPS) is 19.6. The van der Waals surface area contributed by atoms with Gasteiger partial charge in [0.1, 0.15) is 11.5 Å². The molecule has 4 fully saturated rings. The predicted molar refractivity (Wildman–Crippen MR) is 236 cm³/mol. The zero-order valence-corrected chi connectivity index (χ0v) is 35.7. The largest absolute Gasteiger partial charge is 0.369 e. The van der Waals surface area contributed by atoms with Gasteiger partial charge in [0, 0.05) is 111 Å². The van der Waals surface area contributed by atoms with Gasteiger partial charge >= 0.3 is 10.2 Å². The maximum Gasteiger partial charge on any atom is 0.301 e. The topological polar surface area (TPSA) is 136 Å². The number of imide groups is 1. The third-order valence-corrected chi connectivity index (χ3v) is 14.3. The molecule has 0 unspecified atom stereocenters. The Morgan fingerprint density at radius 3 is 2.19 bits per heavy atom. The number of rotatable bonds is 11. The second-order valence-corrected chi connectivity index (χ2v) is 18.7. The average molecular weight is 884 g/mol. The van der Waals surface area contributed by atoms with Crippen LogP contribution in [0.15, 0.2) is 85.3 Å². The van der Waals surface area contributed by atoms with Crippen molar-refractivity contribution in [3.8, 4) is 28.1 Å². The van der Waals surface area contributed by atoms with Gasteiger partial charge in [0.25, 0.3) is 0 Å². The zero-order valence-electron chi connectivity index (χ0n) is 34.1. The number of anilines is 3. The van der Waals surface area contributed by atoms with Crippen molar-refractivity contribution >= 4 is 50.7 Å². The number of piperidine rings is 2. The van der Waals surface area contributed by atoms with Gasteiger partial charge in [0.15, 0.2) is 5.82 Å². The average Bonchev–Trinajstić information content (AvgIpc) is 3.99. The van der Waals surface area contributed by atoms with Crippen molar-refractivity contribution in [3.05, 3.63) is 108 Å². The Bertz CT molecular complexity index is 2560. The molecule has 4 saturated heterocycles. The maximum absolute atomic E-state index is 16.4. The van der Waals surface area contributed by atoms with Gasteiger partial charge in [-0.05, 0) is 104 Å². The van der Waals surface area contributed by atoms with Crippen LogP contribution in [0.1, 0.15) is 50.0 Å². The highest BCUT2D eigenvalue weighted by Crippen LogP contribution is 2.39. The molecule has 4 aliphatic rings. The van der Waals surface area contributed by atoms with Crippen molar-refractivity contribution in [1.29, 1.82) is 0 Å². The Hall–Kier alpha value is -5.42. The van der Waals surface area contributed by atoms with Gasteiger partial charge in [0.05, 0.1) is 23.0 Å². The highest BCUT2D eigenvalue weighted by atomic mass is 35.5. The van der Waals surface area contributed by atoms with Crippen molar-refractivity contribution in [2.24, 2.45) is 5.92 Å². The minimum Gasteiger partial charge on any atom is -0.369 e. The molecule has 324 valence electrons. The number of nitrogens with one attached hydrogen (secondary N) is 2. The number of benzene rings is 3. The number of hydrogen-bond donors (Lipinski definition) is 2. The van der Waals surface area contributed by atoms with Gasteiger partial charge in [0.2, 0.25) is 11.8 Å². The standard InChI is InChI=1S/C45H48ClF2N9O4S/c46-33-26-37(43(48)40(27-33)52-62(60,61)56-17-1-2-18-56)38-29-57(51-44(38)31-11-15-49-16-12-31)35-6-4-34(5-7-35)54-23-21-53(22-24-54)28-30-13-19-55(20-14-30)41-9-3-32(25-39(41)47)36-8-10-42(58)50-45(36)59/h3-7,9,11-12,15-16,25-27,29-30,36,52H,1-2,8,10,13-14,17-24,28H2,(H,50,58,59)/t36-/m1/s1. The molecule has 3 aromatic carbocycles. The minimum absolute atomic E-state index is 0.113. The fourth-order valence-electron chi connectivity index (χ4n) is 9.15. The molecule has 5 aromatic rings. The number of aromatic nitrogens is 3. The van der Waals surface area contributed by atoms with Crippen LogP contribution < -0.4 is 19.8 Å². The molecule has 0 saturated carbocycles. The lowest BCUT2D eigenvalue weighted by Gasteiger charge is -2.40. The molecule has 2 N–H and O–H groups in total. The van der Waals surface area contributed by atoms with E-state index in [4.69, 9.17) is 16.7 Å². The number of piperazine rings is 1. The summed E-state index contributed by atoms with van der Waals surface area (Å²) in [4.78, 5) is 35.0. The second kappa shape index (κ2) is 17.8. The van der Waals surface area contributed by atoms with E-state index in [0.29, 0.717) is 53.5 Å². The molecule has 4 aliphatic heterocycles. The van der Waals surface area contributed by atoms with Crippen LogP contribution >= 0.6 is 11.6 Å². The first-order valence-corrected chi connectivity index (χ1v) is 23.0. The van der Waals surface area contributed by atoms with Gasteiger partial charge in [-0.15, -0.1) is 0 Å². The van der Waals surface area contributed by atoms with E-state index in [9.17, 15) is 18.0 Å². The Morgan fingerprint density at radius 2 is 1.50 bits per heavy atom. The summed E-state index contributed by atoms with van der Waals surface area (Å²) in [6.07, 6.45) is 9.10. The summed E-state index contributed by atoms with van der Waals surface area (Å²) in [7, 11) is -3.97. The summed E-state index contributed by atoms with van der Waals surface area (Å²) in [5, 5.41) is 7.42. The monoisotopic (exact) mass is 883 g/mol. The lowest BCUT2D eigenvalue weighted by Crippen LogP contribution is -2.49. The molecule has 0 aliphatic carbocycles. The summed E-state index contributed by atoms with van der Waals surface area (Å²) >= 11 is 6.50. The van der Waals surface area contributed by atoms with E-state index in [1.165, 1.54) is 22.5 Å². The Balaban J connectivity index is 0.827. The molecular formula is C45H48ClF2N9O4S. The van der Waals surface area contributed by atoms with Gasteiger partial charge < -0.3 is 9.80 Å². The van der Waals surface area contributed by atoms with Crippen molar-refractivity contribution in [2.75, 3.05) is 73.4 Å². The Labute approximate surface area is 364 Å². The molecule has 1 atom stereocenters. The van der Waals surface area contributed by atoms with Gasteiger partial charge in [-0.25, -0.2) is 13.5 Å². The molecule has 2 amide bonds. The molecule has 62 heavy (non-hydrogen) atoms. The van der Waals surface area contributed by atoms with Crippen molar-refractivity contribution < 1.29 is 26.8 Å². The zero-order chi connectivity index (χ0) is 43.0. The molecule has 0 spiro atoms. The minimum atomic E-state index is -3.97. The number of hydrogen-bond acceptors (Lipinski definition) is 9. The van der Waals surface area contributed by atoms with E-state index >= 15 is 8.78 Å². The summed E-state index contributed by atoms with van der Waals surface area (Å²) in [6.45, 7) is 6.89. The van der Waals surface area contributed by atoms with E-state index in [2.05, 4.69) is 41.9 Å². The molecule has 9 rings (SSSR count). The number of carbonyl (C=O) groups excluding carboxylic acids is 2. The van der Waals surface area contributed by atoms with Gasteiger partial charge in [-0.3, -0.25) is 29.5 Å². The number of nitrogens with zero attached hydrogens (tertiary/aromatic N) is 7. The summed E-state index contributed by atoms with van der Waals surface area (Å²) in [5.74, 6) is -1.71. The molecule has 6 heterocycles. The number of amides is 2. The summed E-state index contributed by atoms with van der Waals surface area (Å²) in [5.41, 5.74) is 4.54. The van der Waals surface area contributed by atoms with Crippen LogP contribution in [-0.4, -0.2) is 103 Å². The molecule has 0 radical (unpaired) electrons. The van der Waals surface area contributed by atoms with E-state index in [1.807, 2.05) is 18.2 Å². The summed E-state index contributed by atoms with van der Waals surface area (Å²) in [6, 6.07) is 19.5. The van der Waals surface area contributed by atoms with E-state index < -0.39 is 21.9 Å². The van der Waals surface area contributed by atoms with Crippen LogP contribution in [0.4, 0.5) is 25.8 Å². The molecule has 17 heteroatoms. The number of pyridine rings is 1. The van der Waals surface area contributed by atoms with Crippen LogP contribution in [0.3, 0.4) is 0 Å². The molecular weight excluding hydrogens is 836 g/mol. The van der Waals surface area contributed by atoms with Gasteiger partial charge in [-0.2, -0.15) is 17.8 Å². The fourth-order valence-corrected chi connectivity index (χ4v) is 10.7. The highest BCUT2D eigenvalue weighted by molar-refractivity contribution is 7.90. The molecule has 13 nitrogen and oxygen atoms in total. The van der Waals surface area contributed by atoms with Crippen LogP contribution in [0.2, 0.25) is 5.02 Å². The van der Waals surface area contributed by atoms with E-state index in [-0.39, 0.29) is 40.3 Å². The van der Waals surface area contributed by atoms with E-state index in [1.54, 1.807) is 41.5 Å². The number of halogens is 3. The lowest BCUT2D eigenvalue weighted by atomic mass is 9.90. The summed E-state index contributed by atoms with van der Waals surface area (Å²) < 4.78 is 63.3. The fraction of sp³-hybridized carbons (Fsp3) is 0.378. The van der Waals surface area contributed by atoms with Crippen LogP contribution in [0.25, 0.3) is 28.1 Å². The Morgan fingerprint density at radius 1 is 0.790 bits per heavy atom. The smallest absolute Gasteiger partial charge is 0.301 e. The first-order chi connectivity index (χ1) is 30.0.